The highest BCUT2D eigenvalue weighted by molar-refractivity contribution is 7.99. The minimum absolute atomic E-state index is 0.00433. The van der Waals surface area contributed by atoms with E-state index in [1.165, 1.54) is 11.5 Å². The Morgan fingerprint density at radius 1 is 0.902 bits per heavy atom. The zero-order valence-electron chi connectivity index (χ0n) is 29.9. The fraction of sp³-hybridized carbons (Fsp3) is 0.385. The minimum Gasteiger partial charge on any atom is -0.497 e. The largest absolute Gasteiger partial charge is 0.497 e. The second kappa shape index (κ2) is 16.1. The van der Waals surface area contributed by atoms with Crippen LogP contribution in [0.1, 0.15) is 62.6 Å². The van der Waals surface area contributed by atoms with Crippen LogP contribution in [-0.2, 0) is 34.1 Å². The summed E-state index contributed by atoms with van der Waals surface area (Å²) < 4.78 is 36.9. The number of aryl methyl sites for hydroxylation is 1. The fourth-order valence-electron chi connectivity index (χ4n) is 5.90. The molecule has 0 amide bonds. The molecule has 3 aromatic carbocycles. The number of aromatic nitrogens is 2. The van der Waals surface area contributed by atoms with Crippen molar-refractivity contribution in [3.05, 3.63) is 118 Å². The molecular formula is C39H44N2O9S. The maximum Gasteiger partial charge on any atom is 0.350 e. The summed E-state index contributed by atoms with van der Waals surface area (Å²) in [6.45, 7) is 8.46. The lowest BCUT2D eigenvalue weighted by atomic mass is 9.80. The van der Waals surface area contributed by atoms with Crippen molar-refractivity contribution >= 4 is 23.7 Å². The third kappa shape index (κ3) is 8.63. The molecule has 1 saturated heterocycles. The average molecular weight is 717 g/mol. The van der Waals surface area contributed by atoms with E-state index in [4.69, 9.17) is 28.4 Å². The molecule has 1 aromatic heterocycles. The highest BCUT2D eigenvalue weighted by atomic mass is 32.2. The van der Waals surface area contributed by atoms with Crippen LogP contribution in [0.4, 0.5) is 0 Å². The Balaban J connectivity index is 1.46. The molecule has 0 saturated carbocycles. The number of rotatable bonds is 13. The Labute approximate surface area is 302 Å². The van der Waals surface area contributed by atoms with E-state index in [0.29, 0.717) is 22.1 Å². The molecule has 0 aliphatic carbocycles. The van der Waals surface area contributed by atoms with Crippen molar-refractivity contribution in [2.75, 3.05) is 26.8 Å². The number of ether oxygens (including phenoxy) is 6. The predicted molar refractivity (Wildman–Crippen MR) is 192 cm³/mol. The molecule has 1 fully saturated rings. The predicted octanol–water partition coefficient (Wildman–Crippen LogP) is 6.44. The van der Waals surface area contributed by atoms with Gasteiger partial charge in [0.2, 0.25) is 0 Å². The molecule has 11 nitrogen and oxygen atoms in total. The first-order valence-corrected chi connectivity index (χ1v) is 17.5. The number of benzene rings is 3. The number of thioether (sulfide) groups is 1. The molecule has 0 radical (unpaired) electrons. The van der Waals surface area contributed by atoms with Crippen LogP contribution in [0.25, 0.3) is 0 Å². The van der Waals surface area contributed by atoms with Crippen molar-refractivity contribution < 1.29 is 38.0 Å². The normalized spacial score (nSPS) is 17.5. The number of hydrogen-bond acceptors (Lipinski definition) is 11. The van der Waals surface area contributed by atoms with Crippen LogP contribution in [0.5, 0.6) is 11.5 Å². The number of carbonyl (C=O) groups excluding carboxylic acids is 2. The van der Waals surface area contributed by atoms with Crippen LogP contribution in [0.3, 0.4) is 0 Å². The monoisotopic (exact) mass is 716 g/mol. The maximum absolute atomic E-state index is 13.3. The minimum atomic E-state index is -1.13. The summed E-state index contributed by atoms with van der Waals surface area (Å²) in [7, 11) is 3.23. The lowest BCUT2D eigenvalue weighted by molar-refractivity contribution is -0.153. The molecular weight excluding hydrogens is 673 g/mol. The van der Waals surface area contributed by atoms with Crippen LogP contribution in [-0.4, -0.2) is 60.5 Å². The molecule has 2 heterocycles. The van der Waals surface area contributed by atoms with Crippen molar-refractivity contribution in [1.29, 1.82) is 0 Å². The molecule has 1 aliphatic rings. The first kappa shape index (κ1) is 37.6. The van der Waals surface area contributed by atoms with Crippen molar-refractivity contribution in [3.8, 4) is 11.5 Å². The van der Waals surface area contributed by atoms with E-state index in [1.807, 2.05) is 85.8 Å². The fourth-order valence-corrected chi connectivity index (χ4v) is 6.60. The lowest BCUT2D eigenvalue weighted by Gasteiger charge is -2.37. The summed E-state index contributed by atoms with van der Waals surface area (Å²) in [5.74, 6) is 0.578. The number of carbonyl (C=O) groups is 2. The Hall–Kier alpha value is -4.65. The van der Waals surface area contributed by atoms with E-state index in [0.717, 1.165) is 28.5 Å². The molecule has 5 rings (SSSR count). The van der Waals surface area contributed by atoms with Crippen molar-refractivity contribution in [2.24, 2.45) is 5.41 Å². The van der Waals surface area contributed by atoms with Gasteiger partial charge in [0, 0.05) is 19.5 Å². The maximum atomic E-state index is 13.3. The first-order valence-electron chi connectivity index (χ1n) is 16.6. The molecule has 4 aromatic rings. The van der Waals surface area contributed by atoms with Crippen LogP contribution < -0.4 is 15.2 Å². The van der Waals surface area contributed by atoms with Gasteiger partial charge in [0.25, 0.3) is 0 Å². The van der Waals surface area contributed by atoms with E-state index < -0.39 is 41.1 Å². The highest BCUT2D eigenvalue weighted by Gasteiger charge is 2.44. The van der Waals surface area contributed by atoms with Crippen LogP contribution in [0.2, 0.25) is 0 Å². The molecule has 0 N–H and O–H groups in total. The quantitative estimate of drug-likeness (QED) is 0.0500. The third-order valence-electron chi connectivity index (χ3n) is 8.53. The number of nitrogens with zero attached hydrogens (tertiary/aromatic N) is 2. The summed E-state index contributed by atoms with van der Waals surface area (Å²) in [6, 6.07) is 25.1. The van der Waals surface area contributed by atoms with Gasteiger partial charge in [-0.2, -0.15) is 4.98 Å². The highest BCUT2D eigenvalue weighted by Crippen LogP contribution is 2.43. The lowest BCUT2D eigenvalue weighted by Crippen LogP contribution is -2.39. The van der Waals surface area contributed by atoms with Crippen molar-refractivity contribution in [2.45, 2.75) is 70.1 Å². The molecule has 0 unspecified atom stereocenters. The van der Waals surface area contributed by atoms with Gasteiger partial charge < -0.3 is 28.4 Å². The standard InChI is InChI=1S/C39H44N2O9S/c1-25-22-41(37(44)40-35(25)51-24-47-36(43)38(3,4)5)34-21-32(49-26(2)42)33(50-34)23-48-39(27-11-9-8-10-12-27,28-13-17-30(45-6)18-14-28)29-15-19-31(46-7)20-16-29/h8-20,22,32-34H,21,23-24H2,1-7H3/t32-,33+,34+/m0/s1. The van der Waals surface area contributed by atoms with Gasteiger partial charge in [-0.3, -0.25) is 14.2 Å². The second-order valence-electron chi connectivity index (χ2n) is 13.2. The summed E-state index contributed by atoms with van der Waals surface area (Å²) >= 11 is 1.16. The van der Waals surface area contributed by atoms with Crippen LogP contribution in [0.15, 0.2) is 94.9 Å². The van der Waals surface area contributed by atoms with E-state index in [9.17, 15) is 14.4 Å². The van der Waals surface area contributed by atoms with Gasteiger partial charge in [-0.1, -0.05) is 66.4 Å². The Bertz CT molecular complexity index is 1810. The number of esters is 2. The van der Waals surface area contributed by atoms with E-state index in [-0.39, 0.29) is 24.9 Å². The Morgan fingerprint density at radius 3 is 2.00 bits per heavy atom. The van der Waals surface area contributed by atoms with Gasteiger partial charge in [-0.05, 0) is 74.2 Å². The van der Waals surface area contributed by atoms with Crippen molar-refractivity contribution in [1.82, 2.24) is 9.55 Å². The zero-order valence-corrected chi connectivity index (χ0v) is 30.7. The Morgan fingerprint density at radius 2 is 1.47 bits per heavy atom. The van der Waals surface area contributed by atoms with Crippen LogP contribution >= 0.6 is 11.8 Å². The number of hydrogen-bond donors (Lipinski definition) is 0. The molecule has 12 heteroatoms. The summed E-state index contributed by atoms with van der Waals surface area (Å²) in [5, 5.41) is 0.444. The smallest absolute Gasteiger partial charge is 0.350 e. The molecule has 51 heavy (non-hydrogen) atoms. The summed E-state index contributed by atoms with van der Waals surface area (Å²) in [5.41, 5.74) is 0.887. The number of methoxy groups -OCH3 is 2. The van der Waals surface area contributed by atoms with Gasteiger partial charge in [0.1, 0.15) is 46.5 Å². The molecule has 1 aliphatic heterocycles. The summed E-state index contributed by atoms with van der Waals surface area (Å²) in [6.07, 6.45) is -0.381. The molecule has 0 spiro atoms. The van der Waals surface area contributed by atoms with Gasteiger partial charge >= 0.3 is 17.6 Å². The second-order valence-corrected chi connectivity index (χ2v) is 14.1. The van der Waals surface area contributed by atoms with Gasteiger partial charge in [-0.25, -0.2) is 4.79 Å². The van der Waals surface area contributed by atoms with E-state index in [1.54, 1.807) is 41.2 Å². The van der Waals surface area contributed by atoms with E-state index >= 15 is 0 Å². The Kier molecular flexibility index (Phi) is 11.9. The molecule has 0 bridgehead atoms. The van der Waals surface area contributed by atoms with Gasteiger partial charge in [0.05, 0.1) is 26.2 Å². The van der Waals surface area contributed by atoms with Gasteiger partial charge in [-0.15, -0.1) is 0 Å². The molecule has 3 atom stereocenters. The van der Waals surface area contributed by atoms with E-state index in [2.05, 4.69) is 4.98 Å². The summed E-state index contributed by atoms with van der Waals surface area (Å²) in [4.78, 5) is 42.1. The van der Waals surface area contributed by atoms with Crippen molar-refractivity contribution in [3.63, 3.8) is 0 Å². The first-order chi connectivity index (χ1) is 24.3. The average Bonchev–Trinajstić information content (AvgIpc) is 3.51. The zero-order chi connectivity index (χ0) is 36.8. The SMILES string of the molecule is COc1ccc(C(OC[C@H]2O[C@@H](n3cc(C)c(SCOC(=O)C(C)(C)C)nc3=O)C[C@@H]2OC(C)=O)(c2ccccc2)c2ccc(OC)cc2)cc1. The third-order valence-corrected chi connectivity index (χ3v) is 9.45. The molecule has 270 valence electrons. The van der Waals surface area contributed by atoms with Crippen LogP contribution in [0, 0.1) is 12.3 Å². The topological polar surface area (TPSA) is 124 Å². The van der Waals surface area contributed by atoms with Gasteiger partial charge in [0.15, 0.2) is 0 Å².